The highest BCUT2D eigenvalue weighted by atomic mass is 79.9. The maximum atomic E-state index is 11.1. The van der Waals surface area contributed by atoms with E-state index in [0.717, 1.165) is 5.56 Å². The molecule has 6 heteroatoms. The molecule has 1 atom stereocenters. The molecule has 0 spiro atoms. The highest BCUT2D eigenvalue weighted by Crippen LogP contribution is 2.25. The Morgan fingerprint density at radius 1 is 1.53 bits per heavy atom. The van der Waals surface area contributed by atoms with E-state index in [2.05, 4.69) is 26.0 Å². The van der Waals surface area contributed by atoms with Crippen LogP contribution < -0.4 is 5.32 Å². The van der Waals surface area contributed by atoms with Crippen LogP contribution in [0.4, 0.5) is 0 Å². The fourth-order valence-corrected chi connectivity index (χ4v) is 2.03. The maximum Gasteiger partial charge on any atom is 0.320 e. The molecule has 0 aliphatic heterocycles. The average molecular weight is 341 g/mol. The molecule has 17 heavy (non-hydrogen) atoms. The maximum absolute atomic E-state index is 11.1. The molecular weight excluding hydrogens is 329 g/mol. The fraction of sp³-hybridized carbons (Fsp3) is 0.364. The first kappa shape index (κ1) is 14.8. The first-order chi connectivity index (χ1) is 8.06. The molecule has 94 valence electrons. The van der Waals surface area contributed by atoms with Crippen LogP contribution in [-0.4, -0.2) is 24.5 Å². The summed E-state index contributed by atoms with van der Waals surface area (Å²) in [5.74, 6) is -0.310. The second kappa shape index (κ2) is 7.21. The van der Waals surface area contributed by atoms with Crippen LogP contribution in [0.3, 0.4) is 0 Å². The van der Waals surface area contributed by atoms with E-state index in [9.17, 15) is 4.79 Å². The second-order valence-corrected chi connectivity index (χ2v) is 5.23. The van der Waals surface area contributed by atoms with Crippen molar-refractivity contribution in [3.05, 3.63) is 33.8 Å². The summed E-state index contributed by atoms with van der Waals surface area (Å²) >= 11 is 15.1. The third kappa shape index (κ3) is 4.47. The van der Waals surface area contributed by atoms with Crippen LogP contribution in [0.15, 0.2) is 18.2 Å². The van der Waals surface area contributed by atoms with Crippen molar-refractivity contribution < 1.29 is 9.53 Å². The zero-order valence-corrected chi connectivity index (χ0v) is 12.3. The summed E-state index contributed by atoms with van der Waals surface area (Å²) in [4.78, 5) is 10.7. The molecule has 0 aliphatic carbocycles. The van der Waals surface area contributed by atoms with E-state index >= 15 is 0 Å². The monoisotopic (exact) mass is 339 g/mol. The van der Waals surface area contributed by atoms with Crippen molar-refractivity contribution in [3.63, 3.8) is 0 Å². The van der Waals surface area contributed by atoms with Gasteiger partial charge in [0.1, 0.15) is 4.83 Å². The molecule has 1 rings (SSSR count). The lowest BCUT2D eigenvalue weighted by Crippen LogP contribution is -2.29. The van der Waals surface area contributed by atoms with Crippen molar-refractivity contribution in [1.29, 1.82) is 0 Å². The van der Waals surface area contributed by atoms with Gasteiger partial charge in [0.2, 0.25) is 0 Å². The predicted octanol–water partition coefficient (Wildman–Crippen LogP) is 3.02. The minimum atomic E-state index is -0.370. The van der Waals surface area contributed by atoms with Gasteiger partial charge < -0.3 is 10.1 Å². The third-order valence-corrected chi connectivity index (χ3v) is 3.68. The van der Waals surface area contributed by atoms with Crippen molar-refractivity contribution in [3.8, 4) is 0 Å². The molecule has 1 aromatic carbocycles. The molecule has 3 nitrogen and oxygen atoms in total. The second-order valence-electron chi connectivity index (χ2n) is 3.33. The molecule has 0 fully saturated rings. The van der Waals surface area contributed by atoms with E-state index in [1.165, 1.54) is 7.11 Å². The Morgan fingerprint density at radius 2 is 2.24 bits per heavy atom. The van der Waals surface area contributed by atoms with Crippen molar-refractivity contribution >= 4 is 45.1 Å². The summed E-state index contributed by atoms with van der Waals surface area (Å²) in [6.45, 7) is 0.994. The van der Waals surface area contributed by atoms with E-state index in [-0.39, 0.29) is 10.8 Å². The summed E-state index contributed by atoms with van der Waals surface area (Å²) in [5.41, 5.74) is 0.892. The molecule has 1 aromatic rings. The van der Waals surface area contributed by atoms with Crippen molar-refractivity contribution in [1.82, 2.24) is 5.32 Å². The van der Waals surface area contributed by atoms with Gasteiger partial charge >= 0.3 is 5.97 Å². The number of halogens is 3. The van der Waals surface area contributed by atoms with Crippen molar-refractivity contribution in [2.45, 2.75) is 11.4 Å². The Hall–Kier alpha value is -0.290. The summed E-state index contributed by atoms with van der Waals surface area (Å²) < 4.78 is 4.58. The van der Waals surface area contributed by atoms with Crippen LogP contribution in [0.2, 0.25) is 10.0 Å². The molecule has 1 unspecified atom stereocenters. The smallest absolute Gasteiger partial charge is 0.320 e. The zero-order valence-electron chi connectivity index (χ0n) is 9.17. The number of hydrogen-bond acceptors (Lipinski definition) is 3. The van der Waals surface area contributed by atoms with E-state index in [4.69, 9.17) is 23.2 Å². The quantitative estimate of drug-likeness (QED) is 0.661. The SMILES string of the molecule is COC(=O)C(Br)CNCc1cccc(Cl)c1Cl. The van der Waals surface area contributed by atoms with E-state index in [0.29, 0.717) is 23.1 Å². The Bertz CT molecular complexity index is 401. The lowest BCUT2D eigenvalue weighted by atomic mass is 10.2. The summed E-state index contributed by atoms with van der Waals surface area (Å²) in [7, 11) is 1.35. The number of nitrogens with one attached hydrogen (secondary N) is 1. The van der Waals surface area contributed by atoms with Gasteiger partial charge in [-0.2, -0.15) is 0 Å². The number of rotatable bonds is 5. The number of ether oxygens (including phenoxy) is 1. The van der Waals surface area contributed by atoms with Crippen LogP contribution in [0.1, 0.15) is 5.56 Å². The molecule has 0 aromatic heterocycles. The van der Waals surface area contributed by atoms with Gasteiger partial charge in [-0.1, -0.05) is 51.3 Å². The molecule has 0 radical (unpaired) electrons. The topological polar surface area (TPSA) is 38.3 Å². The van der Waals surface area contributed by atoms with Gasteiger partial charge in [0, 0.05) is 13.1 Å². The number of carbonyl (C=O) groups is 1. The first-order valence-electron chi connectivity index (χ1n) is 4.91. The number of esters is 1. The summed E-state index contributed by atoms with van der Waals surface area (Å²) in [6, 6.07) is 5.44. The van der Waals surface area contributed by atoms with Crippen LogP contribution in [0.5, 0.6) is 0 Å². The largest absolute Gasteiger partial charge is 0.468 e. The molecule has 0 bridgehead atoms. The lowest BCUT2D eigenvalue weighted by molar-refractivity contribution is -0.139. The van der Waals surface area contributed by atoms with E-state index in [1.54, 1.807) is 6.07 Å². The predicted molar refractivity (Wildman–Crippen MR) is 72.9 cm³/mol. The molecule has 1 N–H and O–H groups in total. The van der Waals surface area contributed by atoms with Gasteiger partial charge in [-0.3, -0.25) is 4.79 Å². The van der Waals surface area contributed by atoms with E-state index < -0.39 is 0 Å². The highest BCUT2D eigenvalue weighted by molar-refractivity contribution is 9.10. The van der Waals surface area contributed by atoms with Crippen LogP contribution in [-0.2, 0) is 16.1 Å². The van der Waals surface area contributed by atoms with Gasteiger partial charge in [0.05, 0.1) is 17.2 Å². The first-order valence-corrected chi connectivity index (χ1v) is 6.59. The normalized spacial score (nSPS) is 12.2. The van der Waals surface area contributed by atoms with Gasteiger partial charge in [-0.15, -0.1) is 0 Å². The van der Waals surface area contributed by atoms with Crippen molar-refractivity contribution in [2.24, 2.45) is 0 Å². The summed E-state index contributed by atoms with van der Waals surface area (Å²) in [6.07, 6.45) is 0. The molecule has 0 heterocycles. The average Bonchev–Trinajstić information content (AvgIpc) is 2.33. The van der Waals surface area contributed by atoms with Gasteiger partial charge in [-0.05, 0) is 11.6 Å². The Morgan fingerprint density at radius 3 is 2.88 bits per heavy atom. The minimum Gasteiger partial charge on any atom is -0.468 e. The van der Waals surface area contributed by atoms with Gasteiger partial charge in [0.15, 0.2) is 0 Å². The minimum absolute atomic E-state index is 0.310. The molecule has 0 saturated heterocycles. The van der Waals surface area contributed by atoms with Crippen molar-refractivity contribution in [2.75, 3.05) is 13.7 Å². The Kier molecular flexibility index (Phi) is 6.27. The number of methoxy groups -OCH3 is 1. The standard InChI is InChI=1S/C11H12BrCl2NO2/c1-17-11(16)8(12)6-15-5-7-3-2-4-9(13)10(7)14/h2-4,8,15H,5-6H2,1H3. The van der Waals surface area contributed by atoms with E-state index in [1.807, 2.05) is 12.1 Å². The highest BCUT2D eigenvalue weighted by Gasteiger charge is 2.14. The van der Waals surface area contributed by atoms with Gasteiger partial charge in [0.25, 0.3) is 0 Å². The molecule has 0 amide bonds. The fourth-order valence-electron chi connectivity index (χ4n) is 1.23. The van der Waals surface area contributed by atoms with Gasteiger partial charge in [-0.25, -0.2) is 0 Å². The summed E-state index contributed by atoms with van der Waals surface area (Å²) in [5, 5.41) is 4.15. The van der Waals surface area contributed by atoms with Crippen LogP contribution in [0.25, 0.3) is 0 Å². The Labute approximate surface area is 119 Å². The number of alkyl halides is 1. The molecule has 0 aliphatic rings. The van der Waals surface area contributed by atoms with Crippen LogP contribution in [0, 0.1) is 0 Å². The number of benzene rings is 1. The lowest BCUT2D eigenvalue weighted by Gasteiger charge is -2.10. The number of carbonyl (C=O) groups excluding carboxylic acids is 1. The molecular formula is C11H12BrCl2NO2. The zero-order chi connectivity index (χ0) is 12.8. The third-order valence-electron chi connectivity index (χ3n) is 2.13. The number of hydrogen-bond donors (Lipinski definition) is 1. The van der Waals surface area contributed by atoms with Crippen LogP contribution >= 0.6 is 39.1 Å². The Balaban J connectivity index is 2.46. The molecule has 0 saturated carbocycles.